The fourth-order valence-corrected chi connectivity index (χ4v) is 3.08. The summed E-state index contributed by atoms with van der Waals surface area (Å²) in [5.74, 6) is 1.98. The molecule has 1 aromatic heterocycles. The van der Waals surface area contributed by atoms with Crippen LogP contribution in [0.5, 0.6) is 0 Å². The molecule has 0 N–H and O–H groups in total. The molecule has 0 bridgehead atoms. The lowest BCUT2D eigenvalue weighted by Crippen LogP contribution is -2.43. The minimum absolute atomic E-state index is 0.156. The molecule has 1 aromatic rings. The van der Waals surface area contributed by atoms with Crippen molar-refractivity contribution in [1.82, 2.24) is 15.0 Å². The average Bonchev–Trinajstić information content (AvgIpc) is 3.19. The van der Waals surface area contributed by atoms with E-state index in [1.165, 1.54) is 0 Å². The van der Waals surface area contributed by atoms with Gasteiger partial charge in [0, 0.05) is 32.0 Å². The van der Waals surface area contributed by atoms with Crippen molar-refractivity contribution in [2.45, 2.75) is 57.5 Å². The van der Waals surface area contributed by atoms with Gasteiger partial charge < -0.3 is 14.2 Å². The van der Waals surface area contributed by atoms with E-state index in [9.17, 15) is 4.79 Å². The Morgan fingerprint density at radius 2 is 2.14 bits per heavy atom. The minimum Gasteiger partial charge on any atom is -0.368 e. The van der Waals surface area contributed by atoms with Crippen LogP contribution < -0.4 is 0 Å². The number of carbonyl (C=O) groups is 1. The van der Waals surface area contributed by atoms with Gasteiger partial charge in [-0.1, -0.05) is 12.1 Å². The van der Waals surface area contributed by atoms with Gasteiger partial charge in [0.15, 0.2) is 5.82 Å². The molecule has 3 heterocycles. The third-order valence-electron chi connectivity index (χ3n) is 4.32. The maximum Gasteiger partial charge on any atom is 0.251 e. The number of hydrogen-bond acceptors (Lipinski definition) is 5. The molecular formula is C15H23N3O3. The Bertz CT molecular complexity index is 474. The van der Waals surface area contributed by atoms with Gasteiger partial charge >= 0.3 is 0 Å². The van der Waals surface area contributed by atoms with Crippen molar-refractivity contribution >= 4 is 5.91 Å². The molecule has 0 aliphatic carbocycles. The summed E-state index contributed by atoms with van der Waals surface area (Å²) in [4.78, 5) is 18.7. The Morgan fingerprint density at radius 3 is 2.81 bits per heavy atom. The molecule has 2 aliphatic rings. The quantitative estimate of drug-likeness (QED) is 0.848. The molecule has 3 rings (SSSR count). The zero-order valence-corrected chi connectivity index (χ0v) is 12.6. The second-order valence-electron chi connectivity index (χ2n) is 5.90. The molecule has 2 fully saturated rings. The van der Waals surface area contributed by atoms with Crippen LogP contribution in [0.2, 0.25) is 0 Å². The predicted octanol–water partition coefficient (Wildman–Crippen LogP) is 1.91. The summed E-state index contributed by atoms with van der Waals surface area (Å²) in [6, 6.07) is 0. The Hall–Kier alpha value is -1.43. The van der Waals surface area contributed by atoms with Gasteiger partial charge in [-0.2, -0.15) is 4.98 Å². The topological polar surface area (TPSA) is 68.5 Å². The van der Waals surface area contributed by atoms with E-state index in [0.717, 1.165) is 69.9 Å². The number of piperidine rings is 1. The van der Waals surface area contributed by atoms with Gasteiger partial charge in [0.25, 0.3) is 5.91 Å². The van der Waals surface area contributed by atoms with E-state index >= 15 is 0 Å². The van der Waals surface area contributed by atoms with E-state index in [0.29, 0.717) is 0 Å². The summed E-state index contributed by atoms with van der Waals surface area (Å²) in [5.41, 5.74) is 0. The first-order valence-corrected chi connectivity index (χ1v) is 8.00. The molecule has 0 spiro atoms. The molecule has 6 heteroatoms. The highest BCUT2D eigenvalue weighted by atomic mass is 16.5. The zero-order chi connectivity index (χ0) is 14.7. The second kappa shape index (κ2) is 6.56. The fourth-order valence-electron chi connectivity index (χ4n) is 3.08. The third kappa shape index (κ3) is 3.26. The Morgan fingerprint density at radius 1 is 1.33 bits per heavy atom. The number of aromatic nitrogens is 2. The van der Waals surface area contributed by atoms with Gasteiger partial charge in [0.05, 0.1) is 0 Å². The largest absolute Gasteiger partial charge is 0.368 e. The SMILES string of the molecule is CCCc1noc(C2CCN(C(=O)[C@H]3CCCO3)CC2)n1. The van der Waals surface area contributed by atoms with E-state index in [2.05, 4.69) is 17.1 Å². The monoisotopic (exact) mass is 293 g/mol. The highest BCUT2D eigenvalue weighted by Gasteiger charge is 2.32. The van der Waals surface area contributed by atoms with Crippen molar-refractivity contribution in [1.29, 1.82) is 0 Å². The van der Waals surface area contributed by atoms with Crippen molar-refractivity contribution in [2.75, 3.05) is 19.7 Å². The number of nitrogens with zero attached hydrogens (tertiary/aromatic N) is 3. The number of likely N-dealkylation sites (tertiary alicyclic amines) is 1. The maximum atomic E-state index is 12.3. The summed E-state index contributed by atoms with van der Waals surface area (Å²) >= 11 is 0. The van der Waals surface area contributed by atoms with Gasteiger partial charge in [-0.3, -0.25) is 4.79 Å². The molecule has 0 unspecified atom stereocenters. The molecular weight excluding hydrogens is 270 g/mol. The zero-order valence-electron chi connectivity index (χ0n) is 12.6. The third-order valence-corrected chi connectivity index (χ3v) is 4.32. The van der Waals surface area contributed by atoms with Crippen LogP contribution in [-0.2, 0) is 16.0 Å². The Kier molecular flexibility index (Phi) is 4.53. The van der Waals surface area contributed by atoms with Crippen molar-refractivity contribution < 1.29 is 14.1 Å². The number of ether oxygens (including phenoxy) is 1. The van der Waals surface area contributed by atoms with E-state index < -0.39 is 0 Å². The van der Waals surface area contributed by atoms with Crippen molar-refractivity contribution in [3.05, 3.63) is 11.7 Å². The van der Waals surface area contributed by atoms with Crippen LogP contribution in [0.25, 0.3) is 0 Å². The summed E-state index contributed by atoms with van der Waals surface area (Å²) < 4.78 is 10.8. The van der Waals surface area contributed by atoms with E-state index in [1.54, 1.807) is 0 Å². The standard InChI is InChI=1S/C15H23N3O3/c1-2-4-13-16-14(21-17-13)11-6-8-18(9-7-11)15(19)12-5-3-10-20-12/h11-12H,2-10H2,1H3/t12-/m1/s1. The molecule has 21 heavy (non-hydrogen) atoms. The lowest BCUT2D eigenvalue weighted by atomic mass is 9.96. The molecule has 2 saturated heterocycles. The number of carbonyl (C=O) groups excluding carboxylic acids is 1. The normalized spacial score (nSPS) is 23.7. The Labute approximate surface area is 124 Å². The molecule has 6 nitrogen and oxygen atoms in total. The van der Waals surface area contributed by atoms with E-state index in [4.69, 9.17) is 9.26 Å². The molecule has 0 radical (unpaired) electrons. The van der Waals surface area contributed by atoms with Crippen LogP contribution in [0.3, 0.4) is 0 Å². The lowest BCUT2D eigenvalue weighted by Gasteiger charge is -2.31. The summed E-state index contributed by atoms with van der Waals surface area (Å²) in [5, 5.41) is 4.01. The molecule has 2 aliphatic heterocycles. The first-order chi connectivity index (χ1) is 10.3. The predicted molar refractivity (Wildman–Crippen MR) is 75.8 cm³/mol. The Balaban J connectivity index is 1.53. The first kappa shape index (κ1) is 14.5. The molecule has 0 saturated carbocycles. The van der Waals surface area contributed by atoms with Crippen molar-refractivity contribution in [3.8, 4) is 0 Å². The van der Waals surface area contributed by atoms with Crippen LogP contribution in [0.15, 0.2) is 4.52 Å². The highest BCUT2D eigenvalue weighted by molar-refractivity contribution is 5.81. The second-order valence-corrected chi connectivity index (χ2v) is 5.90. The van der Waals surface area contributed by atoms with E-state index in [-0.39, 0.29) is 17.9 Å². The van der Waals surface area contributed by atoms with E-state index in [1.807, 2.05) is 4.90 Å². The van der Waals surface area contributed by atoms with Crippen molar-refractivity contribution in [3.63, 3.8) is 0 Å². The first-order valence-electron chi connectivity index (χ1n) is 8.00. The molecule has 1 amide bonds. The number of hydrogen-bond donors (Lipinski definition) is 0. The summed E-state index contributed by atoms with van der Waals surface area (Å²) in [6.07, 6.45) is 5.32. The van der Waals surface area contributed by atoms with Gasteiger partial charge in [0.2, 0.25) is 5.89 Å². The smallest absolute Gasteiger partial charge is 0.251 e. The number of rotatable bonds is 4. The summed E-state index contributed by atoms with van der Waals surface area (Å²) in [7, 11) is 0. The van der Waals surface area contributed by atoms with Crippen molar-refractivity contribution in [2.24, 2.45) is 0 Å². The van der Waals surface area contributed by atoms with Gasteiger partial charge in [-0.05, 0) is 32.1 Å². The highest BCUT2D eigenvalue weighted by Crippen LogP contribution is 2.28. The molecule has 1 atom stereocenters. The average molecular weight is 293 g/mol. The van der Waals surface area contributed by atoms with Crippen LogP contribution in [0, 0.1) is 0 Å². The number of amides is 1. The van der Waals surface area contributed by atoms with Crippen LogP contribution >= 0.6 is 0 Å². The van der Waals surface area contributed by atoms with Crippen LogP contribution in [0.1, 0.15) is 56.7 Å². The maximum absolute atomic E-state index is 12.3. The van der Waals surface area contributed by atoms with Crippen LogP contribution in [-0.4, -0.2) is 46.7 Å². The van der Waals surface area contributed by atoms with Gasteiger partial charge in [0.1, 0.15) is 6.10 Å². The minimum atomic E-state index is -0.207. The lowest BCUT2D eigenvalue weighted by molar-refractivity contribution is -0.142. The fraction of sp³-hybridized carbons (Fsp3) is 0.800. The van der Waals surface area contributed by atoms with Gasteiger partial charge in [-0.15, -0.1) is 0 Å². The number of aryl methyl sites for hydroxylation is 1. The summed E-state index contributed by atoms with van der Waals surface area (Å²) in [6.45, 7) is 4.34. The molecule has 116 valence electrons. The molecule has 0 aromatic carbocycles. The van der Waals surface area contributed by atoms with Crippen LogP contribution in [0.4, 0.5) is 0 Å². The van der Waals surface area contributed by atoms with Gasteiger partial charge in [-0.25, -0.2) is 0 Å².